The molecule has 164 valence electrons. The number of pyridine rings is 1. The van der Waals surface area contributed by atoms with Gasteiger partial charge in [-0.3, -0.25) is 14.2 Å². The third-order valence-electron chi connectivity index (χ3n) is 5.94. The molecule has 0 atom stereocenters. The molecule has 0 spiro atoms. The molecule has 4 rings (SSSR count). The van der Waals surface area contributed by atoms with Crippen molar-refractivity contribution in [3.63, 3.8) is 0 Å². The molecule has 2 N–H and O–H groups in total. The van der Waals surface area contributed by atoms with Crippen molar-refractivity contribution in [1.82, 2.24) is 25.0 Å². The molecule has 1 fully saturated rings. The van der Waals surface area contributed by atoms with Crippen LogP contribution in [-0.4, -0.2) is 39.2 Å². The van der Waals surface area contributed by atoms with Crippen LogP contribution in [0.5, 0.6) is 0 Å². The van der Waals surface area contributed by atoms with E-state index in [4.69, 9.17) is 9.51 Å². The van der Waals surface area contributed by atoms with E-state index < -0.39 is 0 Å². The Kier molecular flexibility index (Phi) is 6.01. The Bertz CT molecular complexity index is 1140. The fourth-order valence-electron chi connectivity index (χ4n) is 4.27. The summed E-state index contributed by atoms with van der Waals surface area (Å²) >= 11 is 0. The van der Waals surface area contributed by atoms with Crippen molar-refractivity contribution in [3.05, 3.63) is 33.9 Å². The summed E-state index contributed by atoms with van der Waals surface area (Å²) in [6, 6.07) is 3.71. The third kappa shape index (κ3) is 4.30. The van der Waals surface area contributed by atoms with Gasteiger partial charge in [-0.25, -0.2) is 9.97 Å². The molecule has 3 aromatic rings. The van der Waals surface area contributed by atoms with Gasteiger partial charge in [0.05, 0.1) is 23.5 Å². The zero-order valence-corrected chi connectivity index (χ0v) is 18.2. The quantitative estimate of drug-likeness (QED) is 0.625. The number of nitrogens with one attached hydrogen (secondary N) is 2. The predicted octanol–water partition coefficient (Wildman–Crippen LogP) is 2.80. The van der Waals surface area contributed by atoms with E-state index in [0.717, 1.165) is 24.1 Å². The maximum Gasteiger partial charge on any atom is 0.294 e. The fourth-order valence-corrected chi connectivity index (χ4v) is 4.27. The Morgan fingerprint density at radius 2 is 1.97 bits per heavy atom. The van der Waals surface area contributed by atoms with E-state index in [1.54, 1.807) is 11.6 Å². The average molecular weight is 425 g/mol. The van der Waals surface area contributed by atoms with Gasteiger partial charge in [-0.15, -0.1) is 0 Å². The number of hydrogen-bond acceptors (Lipinski definition) is 7. The maximum absolute atomic E-state index is 13.3. The van der Waals surface area contributed by atoms with Crippen molar-refractivity contribution < 1.29 is 9.32 Å². The lowest BCUT2D eigenvalue weighted by Crippen LogP contribution is -2.32. The maximum atomic E-state index is 13.3. The first-order valence-electron chi connectivity index (χ1n) is 10.8. The van der Waals surface area contributed by atoms with Crippen molar-refractivity contribution in [2.24, 2.45) is 5.92 Å². The molecule has 1 aliphatic carbocycles. The topological polar surface area (TPSA) is 115 Å². The molecule has 0 bridgehead atoms. The molecule has 0 aliphatic heterocycles. The molecule has 9 nitrogen and oxygen atoms in total. The minimum Gasteiger partial charge on any atom is -0.361 e. The summed E-state index contributed by atoms with van der Waals surface area (Å²) in [6.45, 7) is 4.29. The van der Waals surface area contributed by atoms with Crippen LogP contribution in [0, 0.1) is 19.8 Å². The number of likely N-dealkylation sites (N-methyl/N-ethyl adjacent to an activating group) is 1. The van der Waals surface area contributed by atoms with E-state index in [0.29, 0.717) is 35.1 Å². The lowest BCUT2D eigenvalue weighted by molar-refractivity contribution is -0.118. The average Bonchev–Trinajstić information content (AvgIpc) is 3.12. The largest absolute Gasteiger partial charge is 0.361 e. The second-order valence-corrected chi connectivity index (χ2v) is 8.15. The number of aryl methyl sites for hydroxylation is 2. The number of carbonyl (C=O) groups is 1. The number of nitrogens with zero attached hydrogens (tertiary/aromatic N) is 4. The molecule has 1 saturated carbocycles. The second kappa shape index (κ2) is 8.87. The Morgan fingerprint density at radius 3 is 2.65 bits per heavy atom. The summed E-state index contributed by atoms with van der Waals surface area (Å²) in [7, 11) is 1.55. The van der Waals surface area contributed by atoms with Crippen LogP contribution in [0.1, 0.15) is 43.6 Å². The number of rotatable bonds is 6. The van der Waals surface area contributed by atoms with Crippen molar-refractivity contribution in [3.8, 4) is 11.3 Å². The number of anilines is 1. The number of aromatic nitrogens is 4. The van der Waals surface area contributed by atoms with Crippen molar-refractivity contribution in [2.45, 2.75) is 52.5 Å². The van der Waals surface area contributed by atoms with Crippen LogP contribution in [0.15, 0.2) is 21.5 Å². The SMILES string of the molecule is CNC(=O)CNc1nc2ccc(-c3c(C)noc3C)nc2n(CC2CCCCC2)c1=O. The lowest BCUT2D eigenvalue weighted by Gasteiger charge is -2.23. The van der Waals surface area contributed by atoms with Gasteiger partial charge in [0.15, 0.2) is 11.5 Å². The van der Waals surface area contributed by atoms with Crippen LogP contribution >= 0.6 is 0 Å². The van der Waals surface area contributed by atoms with Crippen LogP contribution in [0.25, 0.3) is 22.4 Å². The molecule has 3 heterocycles. The summed E-state index contributed by atoms with van der Waals surface area (Å²) in [4.78, 5) is 34.3. The van der Waals surface area contributed by atoms with Crippen molar-refractivity contribution in [2.75, 3.05) is 18.9 Å². The molecule has 0 radical (unpaired) electrons. The molecule has 1 amide bonds. The van der Waals surface area contributed by atoms with E-state index in [1.807, 2.05) is 26.0 Å². The Morgan fingerprint density at radius 1 is 1.19 bits per heavy atom. The van der Waals surface area contributed by atoms with E-state index in [1.165, 1.54) is 19.3 Å². The first-order chi connectivity index (χ1) is 15.0. The molecule has 9 heteroatoms. The molecule has 31 heavy (non-hydrogen) atoms. The number of amides is 1. The highest BCUT2D eigenvalue weighted by molar-refractivity contribution is 5.81. The van der Waals surface area contributed by atoms with Gasteiger partial charge in [-0.2, -0.15) is 0 Å². The minimum absolute atomic E-state index is 0.0156. The van der Waals surface area contributed by atoms with Gasteiger partial charge in [-0.05, 0) is 44.7 Å². The first-order valence-corrected chi connectivity index (χ1v) is 10.8. The summed E-state index contributed by atoms with van der Waals surface area (Å²) in [5.74, 6) is 1.06. The summed E-state index contributed by atoms with van der Waals surface area (Å²) in [5, 5.41) is 9.45. The molecular formula is C22H28N6O3. The van der Waals surface area contributed by atoms with E-state index >= 15 is 0 Å². The van der Waals surface area contributed by atoms with Crippen LogP contribution < -0.4 is 16.2 Å². The second-order valence-electron chi connectivity index (χ2n) is 8.15. The van der Waals surface area contributed by atoms with Gasteiger partial charge in [0, 0.05) is 13.6 Å². The number of fused-ring (bicyclic) bond motifs is 1. The van der Waals surface area contributed by atoms with Gasteiger partial charge >= 0.3 is 0 Å². The van der Waals surface area contributed by atoms with Crippen LogP contribution in [0.3, 0.4) is 0 Å². The Hall–Kier alpha value is -3.23. The minimum atomic E-state index is -0.259. The monoisotopic (exact) mass is 424 g/mol. The molecule has 1 aliphatic rings. The van der Waals surface area contributed by atoms with Gasteiger partial charge in [-0.1, -0.05) is 24.4 Å². The Labute approximate surface area is 180 Å². The van der Waals surface area contributed by atoms with Crippen molar-refractivity contribution in [1.29, 1.82) is 0 Å². The van der Waals surface area contributed by atoms with Gasteiger partial charge in [0.2, 0.25) is 5.91 Å². The van der Waals surface area contributed by atoms with E-state index in [2.05, 4.69) is 20.8 Å². The summed E-state index contributed by atoms with van der Waals surface area (Å²) in [5.41, 5.74) is 3.17. The third-order valence-corrected chi connectivity index (χ3v) is 5.94. The van der Waals surface area contributed by atoms with Crippen molar-refractivity contribution >= 4 is 22.9 Å². The predicted molar refractivity (Wildman–Crippen MR) is 118 cm³/mol. The summed E-state index contributed by atoms with van der Waals surface area (Å²) in [6.07, 6.45) is 5.81. The molecule has 0 unspecified atom stereocenters. The lowest BCUT2D eigenvalue weighted by atomic mass is 9.89. The van der Waals surface area contributed by atoms with E-state index in [9.17, 15) is 9.59 Å². The number of carbonyl (C=O) groups excluding carboxylic acids is 1. The molecule has 0 saturated heterocycles. The first kappa shape index (κ1) is 21.0. The highest BCUT2D eigenvalue weighted by atomic mass is 16.5. The molecule has 0 aromatic carbocycles. The standard InChI is InChI=1S/C22H28N6O3/c1-13-19(14(2)31-27-13)16-9-10-17-21(26-16)28(12-15-7-5-4-6-8-15)22(30)20(25-17)24-11-18(29)23-3/h9-10,15H,4-8,11-12H2,1-3H3,(H,23,29)(H,24,25). The van der Waals surface area contributed by atoms with Crippen LogP contribution in [0.4, 0.5) is 5.82 Å². The highest BCUT2D eigenvalue weighted by Crippen LogP contribution is 2.28. The highest BCUT2D eigenvalue weighted by Gasteiger charge is 2.21. The molecule has 3 aromatic heterocycles. The fraction of sp³-hybridized carbons (Fsp3) is 0.500. The smallest absolute Gasteiger partial charge is 0.294 e. The van der Waals surface area contributed by atoms with Gasteiger partial charge in [0.1, 0.15) is 11.3 Å². The van der Waals surface area contributed by atoms with Crippen LogP contribution in [0.2, 0.25) is 0 Å². The Balaban J connectivity index is 1.82. The van der Waals surface area contributed by atoms with E-state index in [-0.39, 0.29) is 23.8 Å². The zero-order chi connectivity index (χ0) is 22.0. The number of hydrogen-bond donors (Lipinski definition) is 2. The molecular weight excluding hydrogens is 396 g/mol. The van der Waals surface area contributed by atoms with Gasteiger partial charge in [0.25, 0.3) is 5.56 Å². The van der Waals surface area contributed by atoms with Gasteiger partial charge < -0.3 is 15.2 Å². The summed E-state index contributed by atoms with van der Waals surface area (Å²) < 4.78 is 7.01. The van der Waals surface area contributed by atoms with Crippen LogP contribution in [-0.2, 0) is 11.3 Å². The normalized spacial score (nSPS) is 14.7. The zero-order valence-electron chi connectivity index (χ0n) is 18.2.